The summed E-state index contributed by atoms with van der Waals surface area (Å²) in [6.07, 6.45) is 0. The van der Waals surface area contributed by atoms with E-state index < -0.39 is 7.25 Å². The summed E-state index contributed by atoms with van der Waals surface area (Å²) in [7, 11) is -1.71. The van der Waals surface area contributed by atoms with Crippen LogP contribution in [0.1, 0.15) is 23.2 Å². The van der Waals surface area contributed by atoms with Gasteiger partial charge in [0.15, 0.2) is 0 Å². The monoisotopic (exact) mass is 374 g/mol. The van der Waals surface area contributed by atoms with Crippen molar-refractivity contribution in [2.24, 2.45) is 0 Å². The maximum Gasteiger partial charge on any atom is 0.673 e. The molecule has 1 N–H and O–H groups in total. The zero-order valence-corrected chi connectivity index (χ0v) is 14.7. The number of nitrogens with one attached hydrogen (secondary N) is 1. The number of benzene rings is 2. The van der Waals surface area contributed by atoms with Gasteiger partial charge in [0, 0.05) is 5.56 Å². The Morgan fingerprint density at radius 2 is 1.28 bits per heavy atom. The SMILES string of the molecule is CN1C(c2ccccc2)C(c2ccccc2)[NH+](C)C1Cl.F[B-](F)(F)F. The summed E-state index contributed by atoms with van der Waals surface area (Å²) in [5.74, 6) is 0. The predicted molar refractivity (Wildman–Crippen MR) is 92.8 cm³/mol. The predicted octanol–water partition coefficient (Wildman–Crippen LogP) is 3.75. The van der Waals surface area contributed by atoms with Gasteiger partial charge in [-0.05, 0) is 24.2 Å². The van der Waals surface area contributed by atoms with E-state index in [2.05, 4.69) is 79.7 Å². The van der Waals surface area contributed by atoms with E-state index in [1.165, 1.54) is 16.0 Å². The summed E-state index contributed by atoms with van der Waals surface area (Å²) < 4.78 is 39.0. The van der Waals surface area contributed by atoms with Gasteiger partial charge < -0.3 is 22.2 Å². The number of rotatable bonds is 2. The van der Waals surface area contributed by atoms with Gasteiger partial charge in [-0.1, -0.05) is 60.7 Å². The van der Waals surface area contributed by atoms with Crippen LogP contribution in [-0.4, -0.2) is 31.9 Å². The lowest BCUT2D eigenvalue weighted by Gasteiger charge is -2.23. The van der Waals surface area contributed by atoms with Crippen LogP contribution in [0.4, 0.5) is 17.3 Å². The van der Waals surface area contributed by atoms with Gasteiger partial charge >= 0.3 is 7.25 Å². The van der Waals surface area contributed by atoms with E-state index in [1.807, 2.05) is 0 Å². The average Bonchev–Trinajstić information content (AvgIpc) is 2.79. The molecule has 0 aliphatic carbocycles. The fourth-order valence-electron chi connectivity index (χ4n) is 3.28. The number of halogens is 5. The molecule has 1 aliphatic heterocycles. The van der Waals surface area contributed by atoms with Crippen molar-refractivity contribution < 1.29 is 22.2 Å². The van der Waals surface area contributed by atoms with Gasteiger partial charge in [-0.15, -0.1) is 0 Å². The Kier molecular flexibility index (Phi) is 6.49. The summed E-state index contributed by atoms with van der Waals surface area (Å²) in [6.45, 7) is 0. The van der Waals surface area contributed by atoms with Crippen molar-refractivity contribution in [2.75, 3.05) is 14.1 Å². The van der Waals surface area contributed by atoms with Crippen LogP contribution in [0.2, 0.25) is 0 Å². The smallest absolute Gasteiger partial charge is 0.418 e. The van der Waals surface area contributed by atoms with Crippen molar-refractivity contribution in [3.63, 3.8) is 0 Å². The van der Waals surface area contributed by atoms with Crippen LogP contribution in [0.15, 0.2) is 60.7 Å². The Hall–Kier alpha value is -1.57. The molecule has 1 heterocycles. The normalized spacial score (nSPS) is 26.8. The van der Waals surface area contributed by atoms with Crippen molar-refractivity contribution in [1.29, 1.82) is 0 Å². The lowest BCUT2D eigenvalue weighted by Crippen LogP contribution is -3.10. The molecular formula is C17H20BClF4N2. The molecule has 1 fully saturated rings. The molecule has 4 atom stereocenters. The third kappa shape index (κ3) is 5.20. The molecule has 1 aliphatic rings. The zero-order chi connectivity index (χ0) is 18.6. The first kappa shape index (κ1) is 19.8. The molecule has 3 rings (SSSR count). The van der Waals surface area contributed by atoms with Crippen LogP contribution in [-0.2, 0) is 0 Å². The van der Waals surface area contributed by atoms with Gasteiger partial charge in [-0.2, -0.15) is 0 Å². The van der Waals surface area contributed by atoms with Crippen LogP contribution in [0, 0.1) is 0 Å². The van der Waals surface area contributed by atoms with Crippen molar-refractivity contribution >= 4 is 18.9 Å². The summed E-state index contributed by atoms with van der Waals surface area (Å²) in [4.78, 5) is 3.60. The Labute approximate surface area is 150 Å². The molecule has 1 saturated heterocycles. The van der Waals surface area contributed by atoms with E-state index in [4.69, 9.17) is 11.6 Å². The van der Waals surface area contributed by atoms with E-state index in [0.717, 1.165) is 0 Å². The maximum atomic E-state index is 9.75. The highest BCUT2D eigenvalue weighted by atomic mass is 35.5. The highest BCUT2D eigenvalue weighted by Crippen LogP contribution is 2.36. The molecule has 0 radical (unpaired) electrons. The van der Waals surface area contributed by atoms with Crippen molar-refractivity contribution in [3.8, 4) is 0 Å². The topological polar surface area (TPSA) is 7.68 Å². The summed E-state index contributed by atoms with van der Waals surface area (Å²) in [5, 5.41) is 0. The number of alkyl halides is 1. The van der Waals surface area contributed by atoms with Crippen molar-refractivity contribution in [2.45, 2.75) is 17.7 Å². The lowest BCUT2D eigenvalue weighted by molar-refractivity contribution is -0.915. The minimum atomic E-state index is -6.00. The Balaban J connectivity index is 0.000000399. The van der Waals surface area contributed by atoms with Crippen LogP contribution >= 0.6 is 11.6 Å². The largest absolute Gasteiger partial charge is 0.673 e. The molecule has 0 spiro atoms. The molecule has 0 bridgehead atoms. The van der Waals surface area contributed by atoms with Crippen LogP contribution in [0.25, 0.3) is 0 Å². The highest BCUT2D eigenvalue weighted by Gasteiger charge is 2.47. The van der Waals surface area contributed by atoms with E-state index in [9.17, 15) is 17.3 Å². The first-order valence-corrected chi connectivity index (χ1v) is 8.30. The van der Waals surface area contributed by atoms with Gasteiger partial charge in [0.25, 0.3) is 0 Å². The maximum absolute atomic E-state index is 9.75. The summed E-state index contributed by atoms with van der Waals surface area (Å²) in [6, 6.07) is 22.0. The zero-order valence-electron chi connectivity index (χ0n) is 13.9. The molecular weight excluding hydrogens is 354 g/mol. The second kappa shape index (κ2) is 8.21. The number of hydrogen-bond donors (Lipinski definition) is 1. The van der Waals surface area contributed by atoms with Gasteiger partial charge in [0.2, 0.25) is 5.62 Å². The fourth-order valence-corrected chi connectivity index (χ4v) is 3.54. The second-order valence-corrected chi connectivity index (χ2v) is 6.40. The van der Waals surface area contributed by atoms with Crippen LogP contribution in [0.5, 0.6) is 0 Å². The lowest BCUT2D eigenvalue weighted by atomic mass is 9.93. The molecule has 0 saturated carbocycles. The number of nitrogens with zero attached hydrogens (tertiary/aromatic N) is 1. The first-order chi connectivity index (χ1) is 11.7. The first-order valence-electron chi connectivity index (χ1n) is 7.86. The minimum absolute atomic E-state index is 0.00888. The average molecular weight is 375 g/mol. The molecule has 4 unspecified atom stereocenters. The molecule has 136 valence electrons. The Bertz CT molecular complexity index is 599. The van der Waals surface area contributed by atoms with Crippen LogP contribution < -0.4 is 4.90 Å². The molecule has 0 amide bonds. The van der Waals surface area contributed by atoms with Gasteiger partial charge in [-0.25, -0.2) is 4.90 Å². The third-order valence-electron chi connectivity index (χ3n) is 4.28. The molecule has 0 aromatic heterocycles. The van der Waals surface area contributed by atoms with Crippen LogP contribution in [0.3, 0.4) is 0 Å². The van der Waals surface area contributed by atoms with E-state index >= 15 is 0 Å². The van der Waals surface area contributed by atoms with Gasteiger partial charge in [-0.3, -0.25) is 0 Å². The van der Waals surface area contributed by atoms with Crippen molar-refractivity contribution in [1.82, 2.24) is 4.90 Å². The quantitative estimate of drug-likeness (QED) is 0.364. The highest BCUT2D eigenvalue weighted by molar-refractivity contribution is 6.50. The standard InChI is InChI=1S/C17H19ClN2.BF4/c1-19-15(13-9-5-3-6-10-13)16(20(2)17(19)18)14-11-7-4-8-12-14;2-1(3,4)5/h3-12,15-17H,1-2H3;/q;-1/p+1. The van der Waals surface area contributed by atoms with Gasteiger partial charge in [0.05, 0.1) is 13.1 Å². The summed E-state index contributed by atoms with van der Waals surface area (Å²) in [5.41, 5.74) is 2.66. The van der Waals surface area contributed by atoms with E-state index in [-0.39, 0.29) is 5.62 Å². The van der Waals surface area contributed by atoms with Gasteiger partial charge in [0.1, 0.15) is 6.04 Å². The Morgan fingerprint density at radius 3 is 1.72 bits per heavy atom. The van der Waals surface area contributed by atoms with Crippen molar-refractivity contribution in [3.05, 3.63) is 71.8 Å². The second-order valence-electron chi connectivity index (χ2n) is 5.98. The number of likely N-dealkylation sites (N-methyl/N-ethyl adjacent to an activating group) is 2. The molecule has 2 aromatic rings. The number of hydrogen-bond acceptors (Lipinski definition) is 1. The molecule has 25 heavy (non-hydrogen) atoms. The minimum Gasteiger partial charge on any atom is -0.418 e. The molecule has 2 aromatic carbocycles. The van der Waals surface area contributed by atoms with E-state index in [1.54, 1.807) is 0 Å². The summed E-state index contributed by atoms with van der Waals surface area (Å²) >= 11 is 6.59. The molecule has 8 heteroatoms. The third-order valence-corrected chi connectivity index (χ3v) is 4.93. The van der Waals surface area contributed by atoms with E-state index in [0.29, 0.717) is 12.1 Å². The Morgan fingerprint density at radius 1 is 0.880 bits per heavy atom. The fraction of sp³-hybridized carbons (Fsp3) is 0.294. The number of quaternary nitrogens is 1. The molecule has 2 nitrogen and oxygen atoms in total.